The van der Waals surface area contributed by atoms with Gasteiger partial charge in [-0.3, -0.25) is 9.48 Å². The molecule has 0 aliphatic rings. The smallest absolute Gasteiger partial charge is 0.325 e. The minimum atomic E-state index is -0.937. The van der Waals surface area contributed by atoms with E-state index >= 15 is 0 Å². The molecule has 0 bridgehead atoms. The summed E-state index contributed by atoms with van der Waals surface area (Å²) in [4.78, 5) is 10.4. The van der Waals surface area contributed by atoms with Gasteiger partial charge in [0, 0.05) is 0 Å². The highest BCUT2D eigenvalue weighted by molar-refractivity contribution is 9.11. The summed E-state index contributed by atoms with van der Waals surface area (Å²) in [5.41, 5.74) is 0. The first-order valence-corrected chi connectivity index (χ1v) is 5.92. The number of carboxylic acid groups (broad SMARTS) is 1. The van der Waals surface area contributed by atoms with Crippen LogP contribution >= 0.6 is 27.3 Å². The molecule has 0 radical (unpaired) electrons. The Balaban J connectivity index is 2.05. The Hall–Kier alpha value is -1.34. The van der Waals surface area contributed by atoms with Crippen molar-refractivity contribution >= 4 is 33.2 Å². The molecule has 0 atom stereocenters. The fourth-order valence-electron chi connectivity index (χ4n) is 1.09. The average molecular weight is 303 g/mol. The first-order chi connectivity index (χ1) is 7.63. The molecule has 2 heterocycles. The maximum absolute atomic E-state index is 10.4. The number of halogens is 1. The maximum Gasteiger partial charge on any atom is 0.325 e. The molecule has 0 aliphatic carbocycles. The Bertz CT molecular complexity index is 508. The van der Waals surface area contributed by atoms with Gasteiger partial charge >= 0.3 is 5.97 Å². The molecule has 0 amide bonds. The van der Waals surface area contributed by atoms with Gasteiger partial charge < -0.3 is 9.84 Å². The van der Waals surface area contributed by atoms with E-state index < -0.39 is 5.97 Å². The molecule has 2 rings (SSSR count). The number of rotatable bonds is 4. The highest BCUT2D eigenvalue weighted by atomic mass is 79.9. The van der Waals surface area contributed by atoms with Crippen molar-refractivity contribution in [2.45, 2.75) is 6.54 Å². The van der Waals surface area contributed by atoms with Crippen LogP contribution in [0.5, 0.6) is 10.8 Å². The van der Waals surface area contributed by atoms with Gasteiger partial charge in [0.15, 0.2) is 10.8 Å². The van der Waals surface area contributed by atoms with E-state index in [2.05, 4.69) is 21.0 Å². The van der Waals surface area contributed by atoms with E-state index in [1.807, 2.05) is 12.1 Å². The third-order valence-electron chi connectivity index (χ3n) is 1.67. The van der Waals surface area contributed by atoms with E-state index in [4.69, 9.17) is 9.84 Å². The lowest BCUT2D eigenvalue weighted by molar-refractivity contribution is -0.137. The Morgan fingerprint density at radius 3 is 3.06 bits per heavy atom. The van der Waals surface area contributed by atoms with Crippen LogP contribution in [-0.4, -0.2) is 20.9 Å². The number of carbonyl (C=O) groups is 1. The second-order valence-electron chi connectivity index (χ2n) is 2.93. The first-order valence-electron chi connectivity index (χ1n) is 4.31. The third-order valence-corrected chi connectivity index (χ3v) is 3.18. The lowest BCUT2D eigenvalue weighted by Crippen LogP contribution is -2.08. The van der Waals surface area contributed by atoms with Gasteiger partial charge in [-0.1, -0.05) is 11.3 Å². The van der Waals surface area contributed by atoms with Gasteiger partial charge in [0.05, 0.1) is 16.2 Å². The van der Waals surface area contributed by atoms with Crippen LogP contribution in [-0.2, 0) is 11.3 Å². The van der Waals surface area contributed by atoms with Crippen molar-refractivity contribution in [1.82, 2.24) is 9.78 Å². The molecule has 0 unspecified atom stereocenters. The van der Waals surface area contributed by atoms with Crippen molar-refractivity contribution in [3.63, 3.8) is 0 Å². The molecule has 0 fully saturated rings. The number of nitrogens with zero attached hydrogens (tertiary/aromatic N) is 2. The number of aliphatic carboxylic acids is 1. The van der Waals surface area contributed by atoms with Gasteiger partial charge in [0.2, 0.25) is 0 Å². The highest BCUT2D eigenvalue weighted by Crippen LogP contribution is 2.32. The molecule has 16 heavy (non-hydrogen) atoms. The fraction of sp³-hybridized carbons (Fsp3) is 0.111. The molecular formula is C9H7BrN2O3S. The topological polar surface area (TPSA) is 64.3 Å². The van der Waals surface area contributed by atoms with Crippen molar-refractivity contribution in [3.8, 4) is 10.8 Å². The van der Waals surface area contributed by atoms with Crippen LogP contribution in [0.4, 0.5) is 0 Å². The SMILES string of the molecule is O=C(O)Cn1cc(Oc2ccc(Br)s2)cn1. The first kappa shape index (κ1) is 11.2. The monoisotopic (exact) mass is 302 g/mol. The second-order valence-corrected chi connectivity index (χ2v) is 5.35. The molecule has 2 aromatic rings. The molecule has 2 aromatic heterocycles. The average Bonchev–Trinajstić information content (AvgIpc) is 2.76. The number of aromatic nitrogens is 2. The van der Waals surface area contributed by atoms with Gasteiger partial charge in [-0.05, 0) is 28.1 Å². The maximum atomic E-state index is 10.4. The standard InChI is InChI=1S/C9H7BrN2O3S/c10-7-1-2-9(16-7)15-6-3-11-12(4-6)5-8(13)14/h1-4H,5H2,(H,13,14). The summed E-state index contributed by atoms with van der Waals surface area (Å²) in [7, 11) is 0. The van der Waals surface area contributed by atoms with E-state index in [1.54, 1.807) is 6.20 Å². The highest BCUT2D eigenvalue weighted by Gasteiger charge is 2.05. The predicted octanol–water partition coefficient (Wildman–Crippen LogP) is 2.58. The minimum absolute atomic E-state index is 0.169. The van der Waals surface area contributed by atoms with Crippen molar-refractivity contribution in [1.29, 1.82) is 0 Å². The summed E-state index contributed by atoms with van der Waals surface area (Å²) in [6.45, 7) is -0.169. The Morgan fingerprint density at radius 1 is 1.62 bits per heavy atom. The quantitative estimate of drug-likeness (QED) is 0.943. The second kappa shape index (κ2) is 4.67. The van der Waals surface area contributed by atoms with Crippen molar-refractivity contribution in [2.75, 3.05) is 0 Å². The number of ether oxygens (including phenoxy) is 1. The van der Waals surface area contributed by atoms with Crippen LogP contribution in [0.3, 0.4) is 0 Å². The summed E-state index contributed by atoms with van der Waals surface area (Å²) >= 11 is 4.77. The van der Waals surface area contributed by atoms with Crippen molar-refractivity contribution in [3.05, 3.63) is 28.3 Å². The van der Waals surface area contributed by atoms with E-state index in [9.17, 15) is 4.79 Å². The van der Waals surface area contributed by atoms with Gasteiger partial charge in [0.25, 0.3) is 0 Å². The van der Waals surface area contributed by atoms with Crippen molar-refractivity contribution < 1.29 is 14.6 Å². The zero-order valence-electron chi connectivity index (χ0n) is 7.96. The molecule has 84 valence electrons. The summed E-state index contributed by atoms with van der Waals surface area (Å²) in [5, 5.41) is 13.2. The van der Waals surface area contributed by atoms with Gasteiger partial charge in [-0.15, -0.1) is 0 Å². The van der Waals surface area contributed by atoms with Crippen LogP contribution in [0.1, 0.15) is 0 Å². The lowest BCUT2D eigenvalue weighted by atomic mass is 10.6. The lowest BCUT2D eigenvalue weighted by Gasteiger charge is -1.96. The Kier molecular flexibility index (Phi) is 3.25. The van der Waals surface area contributed by atoms with E-state index in [0.29, 0.717) is 5.75 Å². The molecular weight excluding hydrogens is 296 g/mol. The molecule has 0 saturated carbocycles. The normalized spacial score (nSPS) is 10.3. The molecule has 0 aromatic carbocycles. The molecule has 0 saturated heterocycles. The van der Waals surface area contributed by atoms with Gasteiger partial charge in [-0.2, -0.15) is 5.10 Å². The zero-order chi connectivity index (χ0) is 11.5. The summed E-state index contributed by atoms with van der Waals surface area (Å²) in [5.74, 6) is -0.413. The van der Waals surface area contributed by atoms with Crippen LogP contribution in [0.25, 0.3) is 0 Å². The van der Waals surface area contributed by atoms with E-state index in [1.165, 1.54) is 22.2 Å². The Morgan fingerprint density at radius 2 is 2.44 bits per heavy atom. The fourth-order valence-corrected chi connectivity index (χ4v) is 2.30. The molecule has 0 spiro atoms. The number of carboxylic acids is 1. The van der Waals surface area contributed by atoms with Crippen LogP contribution in [0.15, 0.2) is 28.3 Å². The summed E-state index contributed by atoms with van der Waals surface area (Å²) in [6, 6.07) is 3.70. The Labute approximate surface area is 103 Å². The largest absolute Gasteiger partial charge is 0.480 e. The van der Waals surface area contributed by atoms with Gasteiger partial charge in [-0.25, -0.2) is 0 Å². The number of hydrogen-bond donors (Lipinski definition) is 1. The molecule has 1 N–H and O–H groups in total. The van der Waals surface area contributed by atoms with Gasteiger partial charge in [0.1, 0.15) is 6.54 Å². The van der Waals surface area contributed by atoms with Crippen LogP contribution in [0.2, 0.25) is 0 Å². The summed E-state index contributed by atoms with van der Waals surface area (Å²) < 4.78 is 7.75. The minimum Gasteiger partial charge on any atom is -0.480 e. The number of hydrogen-bond acceptors (Lipinski definition) is 4. The predicted molar refractivity (Wildman–Crippen MR) is 62.0 cm³/mol. The molecule has 5 nitrogen and oxygen atoms in total. The zero-order valence-corrected chi connectivity index (χ0v) is 10.4. The van der Waals surface area contributed by atoms with E-state index in [-0.39, 0.29) is 6.54 Å². The van der Waals surface area contributed by atoms with E-state index in [0.717, 1.165) is 8.85 Å². The third kappa shape index (κ3) is 2.83. The van der Waals surface area contributed by atoms with Crippen molar-refractivity contribution in [2.24, 2.45) is 0 Å². The summed E-state index contributed by atoms with van der Waals surface area (Å²) in [6.07, 6.45) is 3.03. The van der Waals surface area contributed by atoms with Crippen LogP contribution < -0.4 is 4.74 Å². The molecule has 0 aliphatic heterocycles. The van der Waals surface area contributed by atoms with Crippen LogP contribution in [0, 0.1) is 0 Å². The number of thiophene rings is 1. The molecule has 7 heteroatoms.